The van der Waals surface area contributed by atoms with Crippen molar-refractivity contribution in [1.29, 1.82) is 0 Å². The quantitative estimate of drug-likeness (QED) is 0.782. The maximum atomic E-state index is 12.8. The summed E-state index contributed by atoms with van der Waals surface area (Å²) in [5.74, 6) is 0.584. The maximum Gasteiger partial charge on any atom is 0.241 e. The van der Waals surface area contributed by atoms with Crippen LogP contribution < -0.4 is 14.4 Å². The van der Waals surface area contributed by atoms with Gasteiger partial charge in [-0.2, -0.15) is 0 Å². The Morgan fingerprint density at radius 1 is 0.960 bits per heavy atom. The smallest absolute Gasteiger partial charge is 0.241 e. The maximum absolute atomic E-state index is 12.8. The average Bonchev–Trinajstić information content (AvgIpc) is 2.90. The van der Waals surface area contributed by atoms with E-state index in [9.17, 15) is 9.59 Å². The van der Waals surface area contributed by atoms with Crippen molar-refractivity contribution in [3.8, 4) is 11.5 Å². The first-order chi connectivity index (χ1) is 12.0. The number of hydrogen-bond acceptors (Lipinski definition) is 4. The van der Waals surface area contributed by atoms with E-state index < -0.39 is 5.92 Å². The number of carbonyl (C=O) groups is 2. The number of carbonyl (C=O) groups excluding carboxylic acids is 2. The Hall–Kier alpha value is -2.82. The third kappa shape index (κ3) is 3.50. The lowest BCUT2D eigenvalue weighted by Crippen LogP contribution is -2.29. The van der Waals surface area contributed by atoms with E-state index in [1.54, 1.807) is 31.4 Å². The predicted octanol–water partition coefficient (Wildman–Crippen LogP) is 3.53. The van der Waals surface area contributed by atoms with E-state index in [4.69, 9.17) is 9.47 Å². The van der Waals surface area contributed by atoms with Gasteiger partial charge in [0.1, 0.15) is 11.5 Å². The summed E-state index contributed by atoms with van der Waals surface area (Å²) < 4.78 is 10.7. The minimum Gasteiger partial charge on any atom is -0.497 e. The molecule has 0 bridgehead atoms. The van der Waals surface area contributed by atoms with Gasteiger partial charge in [-0.15, -0.1) is 0 Å². The molecule has 2 aromatic rings. The van der Waals surface area contributed by atoms with Gasteiger partial charge in [-0.1, -0.05) is 12.1 Å². The van der Waals surface area contributed by atoms with Crippen LogP contribution >= 0.6 is 0 Å². The molecular formula is C20H21NO4. The molecule has 2 amide bonds. The van der Waals surface area contributed by atoms with E-state index in [0.29, 0.717) is 11.4 Å². The predicted molar refractivity (Wildman–Crippen MR) is 95.1 cm³/mol. The summed E-state index contributed by atoms with van der Waals surface area (Å²) in [5.41, 5.74) is 1.39. The number of amides is 2. The number of imide groups is 1. The van der Waals surface area contributed by atoms with Crippen molar-refractivity contribution in [3.63, 3.8) is 0 Å². The summed E-state index contributed by atoms with van der Waals surface area (Å²) in [6, 6.07) is 14.3. The summed E-state index contributed by atoms with van der Waals surface area (Å²) >= 11 is 0. The van der Waals surface area contributed by atoms with Crippen LogP contribution in [0, 0.1) is 0 Å². The van der Waals surface area contributed by atoms with Crippen molar-refractivity contribution in [2.75, 3.05) is 12.0 Å². The average molecular weight is 339 g/mol. The minimum absolute atomic E-state index is 0.0890. The standard InChI is InChI=1S/C20H21NO4/c1-13(2)25-17-8-4-14(5-9-17)18-12-19(22)21(20(18)23)15-6-10-16(24-3)11-7-15/h4-11,13,18H,12H2,1-3H3/t18-/m0/s1. The van der Waals surface area contributed by atoms with Gasteiger partial charge in [0.05, 0.1) is 24.8 Å². The van der Waals surface area contributed by atoms with Crippen LogP contribution in [0.2, 0.25) is 0 Å². The van der Waals surface area contributed by atoms with Crippen molar-refractivity contribution in [3.05, 3.63) is 54.1 Å². The molecule has 0 radical (unpaired) electrons. The van der Waals surface area contributed by atoms with Gasteiger partial charge >= 0.3 is 0 Å². The number of hydrogen-bond donors (Lipinski definition) is 0. The molecule has 130 valence electrons. The monoisotopic (exact) mass is 339 g/mol. The summed E-state index contributed by atoms with van der Waals surface area (Å²) in [4.78, 5) is 26.4. The molecule has 0 saturated carbocycles. The van der Waals surface area contributed by atoms with Crippen molar-refractivity contribution in [2.45, 2.75) is 32.3 Å². The second-order valence-corrected chi connectivity index (χ2v) is 6.26. The molecule has 25 heavy (non-hydrogen) atoms. The number of rotatable bonds is 5. The summed E-state index contributed by atoms with van der Waals surface area (Å²) in [7, 11) is 1.57. The van der Waals surface area contributed by atoms with Gasteiger partial charge in [-0.25, -0.2) is 0 Å². The fraction of sp³-hybridized carbons (Fsp3) is 0.300. The molecule has 1 saturated heterocycles. The number of nitrogens with zero attached hydrogens (tertiary/aromatic N) is 1. The second-order valence-electron chi connectivity index (χ2n) is 6.26. The Bertz CT molecular complexity index is 765. The lowest BCUT2D eigenvalue weighted by Gasteiger charge is -2.16. The topological polar surface area (TPSA) is 55.8 Å². The second kappa shape index (κ2) is 6.97. The fourth-order valence-electron chi connectivity index (χ4n) is 2.95. The van der Waals surface area contributed by atoms with Gasteiger partial charge in [0.25, 0.3) is 0 Å². The molecule has 2 aromatic carbocycles. The molecular weight excluding hydrogens is 318 g/mol. The Morgan fingerprint density at radius 3 is 2.12 bits per heavy atom. The third-order valence-corrected chi connectivity index (χ3v) is 4.13. The number of ether oxygens (including phenoxy) is 2. The SMILES string of the molecule is COc1ccc(N2C(=O)C[C@@H](c3ccc(OC(C)C)cc3)C2=O)cc1. The number of methoxy groups -OCH3 is 1. The Labute approximate surface area is 147 Å². The zero-order valence-corrected chi connectivity index (χ0v) is 14.6. The largest absolute Gasteiger partial charge is 0.497 e. The highest BCUT2D eigenvalue weighted by atomic mass is 16.5. The van der Waals surface area contributed by atoms with Crippen LogP contribution in [0.1, 0.15) is 31.7 Å². The Kier molecular flexibility index (Phi) is 4.74. The molecule has 5 heteroatoms. The summed E-state index contributed by atoms with van der Waals surface area (Å²) in [6.45, 7) is 3.92. The molecule has 3 rings (SSSR count). The molecule has 0 spiro atoms. The van der Waals surface area contributed by atoms with Crippen LogP contribution in [0.25, 0.3) is 0 Å². The van der Waals surface area contributed by atoms with Gasteiger partial charge in [-0.05, 0) is 55.8 Å². The number of benzene rings is 2. The molecule has 0 unspecified atom stereocenters. The molecule has 1 heterocycles. The lowest BCUT2D eigenvalue weighted by molar-refractivity contribution is -0.121. The van der Waals surface area contributed by atoms with Crippen LogP contribution in [0.3, 0.4) is 0 Å². The van der Waals surface area contributed by atoms with Crippen molar-refractivity contribution >= 4 is 17.5 Å². The zero-order valence-electron chi connectivity index (χ0n) is 14.6. The van der Waals surface area contributed by atoms with E-state index in [2.05, 4.69) is 0 Å². The van der Waals surface area contributed by atoms with Crippen LogP contribution in [0.5, 0.6) is 11.5 Å². The molecule has 1 fully saturated rings. The Morgan fingerprint density at radius 2 is 1.56 bits per heavy atom. The van der Waals surface area contributed by atoms with Crippen molar-refractivity contribution in [1.82, 2.24) is 0 Å². The molecule has 1 aliphatic heterocycles. The van der Waals surface area contributed by atoms with Crippen LogP contribution in [0.15, 0.2) is 48.5 Å². The summed E-state index contributed by atoms with van der Waals surface area (Å²) in [5, 5.41) is 0. The van der Waals surface area contributed by atoms with E-state index in [-0.39, 0.29) is 24.3 Å². The van der Waals surface area contributed by atoms with Crippen molar-refractivity contribution < 1.29 is 19.1 Å². The van der Waals surface area contributed by atoms with Crippen LogP contribution in [-0.2, 0) is 9.59 Å². The molecule has 5 nitrogen and oxygen atoms in total. The Balaban J connectivity index is 1.80. The van der Waals surface area contributed by atoms with Gasteiger partial charge < -0.3 is 9.47 Å². The number of anilines is 1. The molecule has 1 atom stereocenters. The highest BCUT2D eigenvalue weighted by Gasteiger charge is 2.40. The zero-order chi connectivity index (χ0) is 18.0. The van der Waals surface area contributed by atoms with Crippen LogP contribution in [-0.4, -0.2) is 25.0 Å². The van der Waals surface area contributed by atoms with E-state index in [0.717, 1.165) is 11.3 Å². The van der Waals surface area contributed by atoms with E-state index in [1.165, 1.54) is 4.90 Å². The first-order valence-corrected chi connectivity index (χ1v) is 8.27. The minimum atomic E-state index is -0.456. The first kappa shape index (κ1) is 17.0. The van der Waals surface area contributed by atoms with Crippen molar-refractivity contribution in [2.24, 2.45) is 0 Å². The highest BCUT2D eigenvalue weighted by molar-refractivity contribution is 6.22. The molecule has 0 aromatic heterocycles. The highest BCUT2D eigenvalue weighted by Crippen LogP contribution is 2.34. The van der Waals surface area contributed by atoms with Crippen LogP contribution in [0.4, 0.5) is 5.69 Å². The van der Waals surface area contributed by atoms with E-state index >= 15 is 0 Å². The van der Waals surface area contributed by atoms with Gasteiger partial charge in [-0.3, -0.25) is 14.5 Å². The first-order valence-electron chi connectivity index (χ1n) is 8.27. The van der Waals surface area contributed by atoms with Gasteiger partial charge in [0.15, 0.2) is 0 Å². The molecule has 0 aliphatic carbocycles. The molecule has 1 aliphatic rings. The lowest BCUT2D eigenvalue weighted by atomic mass is 9.97. The third-order valence-electron chi connectivity index (χ3n) is 4.13. The normalized spacial score (nSPS) is 17.3. The van der Waals surface area contributed by atoms with E-state index in [1.807, 2.05) is 38.1 Å². The fourth-order valence-corrected chi connectivity index (χ4v) is 2.95. The van der Waals surface area contributed by atoms with Gasteiger partial charge in [0, 0.05) is 6.42 Å². The van der Waals surface area contributed by atoms with Gasteiger partial charge in [0.2, 0.25) is 11.8 Å². The summed E-state index contributed by atoms with van der Waals surface area (Å²) in [6.07, 6.45) is 0.265. The molecule has 0 N–H and O–H groups in total.